The molecule has 0 atom stereocenters. The summed E-state index contributed by atoms with van der Waals surface area (Å²) in [5.74, 6) is 0.0768. The summed E-state index contributed by atoms with van der Waals surface area (Å²) in [7, 11) is 0. The minimum absolute atomic E-state index is 0.157. The van der Waals surface area contributed by atoms with Crippen molar-refractivity contribution in [3.8, 4) is 22.2 Å². The molecule has 8 nitrogen and oxygen atoms in total. The number of nitrogens with zero attached hydrogens (tertiary/aromatic N) is 5. The van der Waals surface area contributed by atoms with Gasteiger partial charge >= 0.3 is 0 Å². The number of likely N-dealkylation sites (N-methyl/N-ethyl adjacent to an activating group) is 1. The molecule has 3 heterocycles. The van der Waals surface area contributed by atoms with Crippen molar-refractivity contribution in [2.75, 3.05) is 6.54 Å². The number of hydrogen-bond acceptors (Lipinski definition) is 7. The quantitative estimate of drug-likeness (QED) is 0.725. The van der Waals surface area contributed by atoms with Crippen molar-refractivity contribution in [2.24, 2.45) is 0 Å². The molecular formula is C15H13ClN6O2S. The zero-order valence-corrected chi connectivity index (χ0v) is 14.7. The van der Waals surface area contributed by atoms with Gasteiger partial charge in [0.25, 0.3) is 5.56 Å². The van der Waals surface area contributed by atoms with E-state index < -0.39 is 0 Å². The lowest BCUT2D eigenvalue weighted by atomic mass is 10.3. The van der Waals surface area contributed by atoms with Gasteiger partial charge < -0.3 is 5.32 Å². The van der Waals surface area contributed by atoms with Crippen LogP contribution in [0.5, 0.6) is 0 Å². The van der Waals surface area contributed by atoms with Crippen molar-refractivity contribution in [3.63, 3.8) is 0 Å². The maximum atomic E-state index is 11.9. The van der Waals surface area contributed by atoms with Crippen molar-refractivity contribution in [1.82, 2.24) is 29.4 Å². The van der Waals surface area contributed by atoms with E-state index in [4.69, 9.17) is 11.6 Å². The van der Waals surface area contributed by atoms with Crippen molar-refractivity contribution in [1.29, 1.82) is 0 Å². The van der Waals surface area contributed by atoms with Crippen LogP contribution in [0.1, 0.15) is 6.92 Å². The van der Waals surface area contributed by atoms with Gasteiger partial charge in [0, 0.05) is 18.8 Å². The Morgan fingerprint density at radius 1 is 1.28 bits per heavy atom. The molecule has 128 valence electrons. The van der Waals surface area contributed by atoms with E-state index >= 15 is 0 Å². The zero-order valence-electron chi connectivity index (χ0n) is 13.1. The number of amides is 1. The van der Waals surface area contributed by atoms with Gasteiger partial charge in [0.1, 0.15) is 17.9 Å². The maximum Gasteiger partial charge on any atom is 0.267 e. The molecule has 0 bridgehead atoms. The van der Waals surface area contributed by atoms with E-state index in [0.29, 0.717) is 33.8 Å². The highest BCUT2D eigenvalue weighted by atomic mass is 35.5. The predicted octanol–water partition coefficient (Wildman–Crippen LogP) is 1.61. The first-order valence-corrected chi connectivity index (χ1v) is 8.53. The minimum atomic E-state index is -0.371. The van der Waals surface area contributed by atoms with Crippen LogP contribution in [0.2, 0.25) is 5.02 Å². The number of carbonyl (C=O) groups is 1. The van der Waals surface area contributed by atoms with Crippen LogP contribution in [0.3, 0.4) is 0 Å². The molecule has 25 heavy (non-hydrogen) atoms. The lowest BCUT2D eigenvalue weighted by Gasteiger charge is -2.05. The fraction of sp³-hybridized carbons (Fsp3) is 0.200. The number of rotatable bonds is 5. The molecule has 3 aromatic rings. The highest BCUT2D eigenvalue weighted by molar-refractivity contribution is 7.09. The summed E-state index contributed by atoms with van der Waals surface area (Å²) < 4.78 is 5.34. The Kier molecular flexibility index (Phi) is 5.15. The molecule has 1 N–H and O–H groups in total. The molecule has 3 aromatic heterocycles. The molecule has 10 heteroatoms. The second kappa shape index (κ2) is 7.49. The van der Waals surface area contributed by atoms with Crippen molar-refractivity contribution in [2.45, 2.75) is 13.5 Å². The number of aromatic nitrogens is 5. The molecule has 0 saturated heterocycles. The zero-order chi connectivity index (χ0) is 17.8. The van der Waals surface area contributed by atoms with Crippen LogP contribution >= 0.6 is 23.1 Å². The summed E-state index contributed by atoms with van der Waals surface area (Å²) in [6, 6.07) is 6.33. The van der Waals surface area contributed by atoms with Gasteiger partial charge in [-0.25, -0.2) is 9.67 Å². The third kappa shape index (κ3) is 4.06. The van der Waals surface area contributed by atoms with Gasteiger partial charge in [-0.05, 0) is 36.7 Å². The van der Waals surface area contributed by atoms with Crippen LogP contribution in [0, 0.1) is 0 Å². The molecule has 0 fully saturated rings. The van der Waals surface area contributed by atoms with Gasteiger partial charge in [0.2, 0.25) is 5.91 Å². The van der Waals surface area contributed by atoms with Gasteiger partial charge in [0.15, 0.2) is 10.8 Å². The van der Waals surface area contributed by atoms with Gasteiger partial charge in [-0.2, -0.15) is 9.47 Å². The lowest BCUT2D eigenvalue weighted by Crippen LogP contribution is -2.33. The summed E-state index contributed by atoms with van der Waals surface area (Å²) in [5, 5.41) is 7.93. The predicted molar refractivity (Wildman–Crippen MR) is 94.3 cm³/mol. The van der Waals surface area contributed by atoms with Crippen LogP contribution in [0.15, 0.2) is 35.3 Å². The number of halogens is 1. The fourth-order valence-electron chi connectivity index (χ4n) is 2.00. The number of pyridine rings is 1. The van der Waals surface area contributed by atoms with Crippen molar-refractivity contribution < 1.29 is 4.79 Å². The van der Waals surface area contributed by atoms with Gasteiger partial charge in [-0.1, -0.05) is 11.6 Å². The molecule has 1 amide bonds. The Hall–Kier alpha value is -2.65. The van der Waals surface area contributed by atoms with E-state index in [9.17, 15) is 9.59 Å². The summed E-state index contributed by atoms with van der Waals surface area (Å²) in [4.78, 5) is 32.1. The monoisotopic (exact) mass is 376 g/mol. The van der Waals surface area contributed by atoms with E-state index in [0.717, 1.165) is 16.2 Å². The average Bonchev–Trinajstić information content (AvgIpc) is 3.08. The van der Waals surface area contributed by atoms with E-state index in [1.54, 1.807) is 19.1 Å². The molecule has 0 aliphatic heterocycles. The molecule has 0 aliphatic rings. The fourth-order valence-corrected chi connectivity index (χ4v) is 2.77. The van der Waals surface area contributed by atoms with Crippen molar-refractivity contribution in [3.05, 3.63) is 45.8 Å². The number of carbonyl (C=O) groups excluding carboxylic acids is 1. The first-order valence-electron chi connectivity index (χ1n) is 7.37. The third-order valence-corrected chi connectivity index (χ3v) is 4.10. The van der Waals surface area contributed by atoms with E-state index in [1.807, 2.05) is 0 Å². The largest absolute Gasteiger partial charge is 0.355 e. The smallest absolute Gasteiger partial charge is 0.267 e. The molecular weight excluding hydrogens is 364 g/mol. The van der Waals surface area contributed by atoms with Crippen LogP contribution in [0.4, 0.5) is 0 Å². The first-order chi connectivity index (χ1) is 12.1. The van der Waals surface area contributed by atoms with Crippen LogP contribution in [-0.4, -0.2) is 36.6 Å². The second-order valence-corrected chi connectivity index (χ2v) is 6.14. The Morgan fingerprint density at radius 2 is 2.08 bits per heavy atom. The Balaban J connectivity index is 1.88. The molecule has 3 rings (SSSR count). The average molecular weight is 377 g/mol. The Bertz CT molecular complexity index is 953. The Labute approximate surface area is 151 Å². The highest BCUT2D eigenvalue weighted by Crippen LogP contribution is 2.23. The summed E-state index contributed by atoms with van der Waals surface area (Å²) in [6.07, 6.45) is 1.53. The molecule has 0 radical (unpaired) electrons. The van der Waals surface area contributed by atoms with Crippen LogP contribution in [-0.2, 0) is 11.3 Å². The lowest BCUT2D eigenvalue weighted by molar-refractivity contribution is -0.121. The molecule has 0 aromatic carbocycles. The van der Waals surface area contributed by atoms with Gasteiger partial charge in [-0.15, -0.1) is 0 Å². The standard InChI is InChI=1S/C15H13ClN6O2S/c1-2-17-12(23)8-22-13(24)6-5-10(20-22)14-19-15(25-21-14)11-4-3-9(16)7-18-11/h3-7H,2,8H2,1H3,(H,17,23). The highest BCUT2D eigenvalue weighted by Gasteiger charge is 2.13. The van der Waals surface area contributed by atoms with Gasteiger partial charge in [-0.3, -0.25) is 14.6 Å². The molecule has 0 saturated carbocycles. The summed E-state index contributed by atoms with van der Waals surface area (Å²) >= 11 is 6.99. The van der Waals surface area contributed by atoms with E-state index in [2.05, 4.69) is 24.8 Å². The maximum absolute atomic E-state index is 11.9. The van der Waals surface area contributed by atoms with Crippen LogP contribution < -0.4 is 10.9 Å². The Morgan fingerprint density at radius 3 is 2.80 bits per heavy atom. The second-order valence-electron chi connectivity index (χ2n) is 4.95. The van der Waals surface area contributed by atoms with E-state index in [1.165, 1.54) is 18.3 Å². The first kappa shape index (κ1) is 17.2. The number of hydrogen-bond donors (Lipinski definition) is 1. The van der Waals surface area contributed by atoms with E-state index in [-0.39, 0.29) is 18.0 Å². The van der Waals surface area contributed by atoms with Crippen molar-refractivity contribution >= 4 is 29.0 Å². The molecule has 0 spiro atoms. The summed E-state index contributed by atoms with van der Waals surface area (Å²) in [5.41, 5.74) is 0.675. The van der Waals surface area contributed by atoms with Crippen LogP contribution in [0.25, 0.3) is 22.2 Å². The normalized spacial score (nSPS) is 10.6. The van der Waals surface area contributed by atoms with Gasteiger partial charge in [0.05, 0.1) is 5.02 Å². The minimum Gasteiger partial charge on any atom is -0.355 e. The molecule has 0 unspecified atom stereocenters. The molecule has 0 aliphatic carbocycles. The topological polar surface area (TPSA) is 103 Å². The summed E-state index contributed by atoms with van der Waals surface area (Å²) in [6.45, 7) is 2.13. The third-order valence-electron chi connectivity index (χ3n) is 3.14. The SMILES string of the molecule is CCNC(=O)Cn1nc(-c2nsc(-c3ccc(Cl)cn3)n2)ccc1=O. The number of nitrogens with one attached hydrogen (secondary N) is 1.